The standard InChI is InChI=1S/C12H15BrF3N/c1-8(2)5-6-17-11-7-9(13)3-4-10(11)12(14,15)16/h3-4,7-8,17H,5-6H2,1-2H3. The lowest BCUT2D eigenvalue weighted by atomic mass is 10.1. The second kappa shape index (κ2) is 5.76. The second-order valence-electron chi connectivity index (χ2n) is 4.30. The van der Waals surface area contributed by atoms with Gasteiger partial charge in [0.1, 0.15) is 0 Å². The Morgan fingerprint density at radius 3 is 2.47 bits per heavy atom. The van der Waals surface area contributed by atoms with Crippen LogP contribution in [0.2, 0.25) is 0 Å². The third-order valence-electron chi connectivity index (χ3n) is 2.32. The molecule has 1 N–H and O–H groups in total. The Balaban J connectivity index is 2.84. The molecule has 0 saturated carbocycles. The van der Waals surface area contributed by atoms with E-state index < -0.39 is 11.7 Å². The summed E-state index contributed by atoms with van der Waals surface area (Å²) in [6, 6.07) is 3.95. The zero-order valence-electron chi connectivity index (χ0n) is 9.74. The van der Waals surface area contributed by atoms with Crippen molar-refractivity contribution in [1.82, 2.24) is 0 Å². The number of rotatable bonds is 4. The quantitative estimate of drug-likeness (QED) is 0.832. The molecule has 1 rings (SSSR count). The number of benzene rings is 1. The van der Waals surface area contributed by atoms with Crippen molar-refractivity contribution in [3.8, 4) is 0 Å². The molecule has 0 saturated heterocycles. The lowest BCUT2D eigenvalue weighted by Crippen LogP contribution is -2.12. The van der Waals surface area contributed by atoms with Crippen LogP contribution < -0.4 is 5.32 Å². The average molecular weight is 310 g/mol. The summed E-state index contributed by atoms with van der Waals surface area (Å²) in [6.07, 6.45) is -3.48. The third-order valence-corrected chi connectivity index (χ3v) is 2.82. The molecular weight excluding hydrogens is 295 g/mol. The first-order valence-electron chi connectivity index (χ1n) is 5.41. The summed E-state index contributed by atoms with van der Waals surface area (Å²) in [6.45, 7) is 4.61. The summed E-state index contributed by atoms with van der Waals surface area (Å²) in [5, 5.41) is 2.84. The van der Waals surface area contributed by atoms with Gasteiger partial charge in [0, 0.05) is 16.7 Å². The molecule has 0 heterocycles. The van der Waals surface area contributed by atoms with Gasteiger partial charge in [0.25, 0.3) is 0 Å². The Labute approximate surface area is 108 Å². The number of halogens is 4. The SMILES string of the molecule is CC(C)CCNc1cc(Br)ccc1C(F)(F)F. The van der Waals surface area contributed by atoms with Crippen molar-refractivity contribution in [2.75, 3.05) is 11.9 Å². The van der Waals surface area contributed by atoms with Gasteiger partial charge in [-0.1, -0.05) is 29.8 Å². The molecule has 1 aromatic rings. The van der Waals surface area contributed by atoms with Crippen molar-refractivity contribution in [3.63, 3.8) is 0 Å². The van der Waals surface area contributed by atoms with Gasteiger partial charge in [0.2, 0.25) is 0 Å². The monoisotopic (exact) mass is 309 g/mol. The topological polar surface area (TPSA) is 12.0 Å². The lowest BCUT2D eigenvalue weighted by molar-refractivity contribution is -0.136. The van der Waals surface area contributed by atoms with Gasteiger partial charge in [-0.15, -0.1) is 0 Å². The maximum Gasteiger partial charge on any atom is 0.418 e. The smallest absolute Gasteiger partial charge is 0.385 e. The van der Waals surface area contributed by atoms with E-state index in [2.05, 4.69) is 21.2 Å². The molecule has 1 nitrogen and oxygen atoms in total. The molecule has 0 aromatic heterocycles. The molecule has 0 unspecified atom stereocenters. The summed E-state index contributed by atoms with van der Waals surface area (Å²) >= 11 is 3.18. The molecule has 5 heteroatoms. The minimum absolute atomic E-state index is 0.132. The summed E-state index contributed by atoms with van der Waals surface area (Å²) in [7, 11) is 0. The molecule has 0 aliphatic carbocycles. The highest BCUT2D eigenvalue weighted by molar-refractivity contribution is 9.10. The number of alkyl halides is 3. The summed E-state index contributed by atoms with van der Waals surface area (Å²) in [4.78, 5) is 0. The molecule has 0 bridgehead atoms. The van der Waals surface area contributed by atoms with Crippen LogP contribution in [-0.4, -0.2) is 6.54 Å². The molecule has 1 aromatic carbocycles. The largest absolute Gasteiger partial charge is 0.418 e. The van der Waals surface area contributed by atoms with Crippen molar-refractivity contribution in [1.29, 1.82) is 0 Å². The van der Waals surface area contributed by atoms with Crippen molar-refractivity contribution < 1.29 is 13.2 Å². The molecule has 0 amide bonds. The van der Waals surface area contributed by atoms with Crippen LogP contribution in [0, 0.1) is 5.92 Å². The van der Waals surface area contributed by atoms with E-state index >= 15 is 0 Å². The Bertz CT molecular complexity index is 375. The first-order valence-corrected chi connectivity index (χ1v) is 6.20. The zero-order valence-corrected chi connectivity index (χ0v) is 11.3. The van der Waals surface area contributed by atoms with Crippen LogP contribution in [0.5, 0.6) is 0 Å². The minimum atomic E-state index is -4.32. The van der Waals surface area contributed by atoms with E-state index in [0.717, 1.165) is 12.5 Å². The number of anilines is 1. The van der Waals surface area contributed by atoms with E-state index in [4.69, 9.17) is 0 Å². The van der Waals surface area contributed by atoms with E-state index in [1.165, 1.54) is 12.1 Å². The van der Waals surface area contributed by atoms with Gasteiger partial charge >= 0.3 is 6.18 Å². The molecule has 0 spiro atoms. The maximum atomic E-state index is 12.7. The molecular formula is C12H15BrF3N. The zero-order chi connectivity index (χ0) is 13.1. The highest BCUT2D eigenvalue weighted by atomic mass is 79.9. The van der Waals surface area contributed by atoms with Crippen molar-refractivity contribution in [2.24, 2.45) is 5.92 Å². The molecule has 0 fully saturated rings. The van der Waals surface area contributed by atoms with Crippen LogP contribution in [0.25, 0.3) is 0 Å². The fourth-order valence-corrected chi connectivity index (χ4v) is 1.77. The summed E-state index contributed by atoms with van der Waals surface area (Å²) < 4.78 is 38.8. The van der Waals surface area contributed by atoms with Gasteiger partial charge in [0.15, 0.2) is 0 Å². The summed E-state index contributed by atoms with van der Waals surface area (Å²) in [5.74, 6) is 0.462. The average Bonchev–Trinajstić information content (AvgIpc) is 2.15. The predicted octanol–water partition coefficient (Wildman–Crippen LogP) is 4.93. The molecule has 0 aliphatic heterocycles. The van der Waals surface area contributed by atoms with Gasteiger partial charge in [-0.3, -0.25) is 0 Å². The van der Waals surface area contributed by atoms with Gasteiger partial charge in [0.05, 0.1) is 5.56 Å². The van der Waals surface area contributed by atoms with Gasteiger partial charge < -0.3 is 5.32 Å². The van der Waals surface area contributed by atoms with E-state index in [0.29, 0.717) is 16.9 Å². The van der Waals surface area contributed by atoms with Crippen LogP contribution >= 0.6 is 15.9 Å². The Hall–Kier alpha value is -0.710. The van der Waals surface area contributed by atoms with Gasteiger partial charge in [-0.25, -0.2) is 0 Å². The van der Waals surface area contributed by atoms with Crippen LogP contribution in [0.15, 0.2) is 22.7 Å². The van der Waals surface area contributed by atoms with Crippen LogP contribution in [0.3, 0.4) is 0 Å². The number of nitrogens with one attached hydrogen (secondary N) is 1. The lowest BCUT2D eigenvalue weighted by Gasteiger charge is -2.15. The minimum Gasteiger partial charge on any atom is -0.385 e. The first-order chi connectivity index (χ1) is 7.80. The van der Waals surface area contributed by atoms with Crippen LogP contribution in [0.1, 0.15) is 25.8 Å². The molecule has 0 radical (unpaired) electrons. The van der Waals surface area contributed by atoms with E-state index in [1.807, 2.05) is 13.8 Å². The highest BCUT2D eigenvalue weighted by Crippen LogP contribution is 2.36. The van der Waals surface area contributed by atoms with Crippen LogP contribution in [-0.2, 0) is 6.18 Å². The van der Waals surface area contributed by atoms with E-state index in [-0.39, 0.29) is 5.69 Å². The normalized spacial score (nSPS) is 11.9. The van der Waals surface area contributed by atoms with Crippen molar-refractivity contribution >= 4 is 21.6 Å². The number of hydrogen-bond acceptors (Lipinski definition) is 1. The number of hydrogen-bond donors (Lipinski definition) is 1. The predicted molar refractivity (Wildman–Crippen MR) is 67.1 cm³/mol. The van der Waals surface area contributed by atoms with E-state index in [9.17, 15) is 13.2 Å². The van der Waals surface area contributed by atoms with Crippen LogP contribution in [0.4, 0.5) is 18.9 Å². The summed E-state index contributed by atoms with van der Waals surface area (Å²) in [5.41, 5.74) is -0.489. The highest BCUT2D eigenvalue weighted by Gasteiger charge is 2.33. The molecule has 0 atom stereocenters. The van der Waals surface area contributed by atoms with Crippen molar-refractivity contribution in [2.45, 2.75) is 26.4 Å². The molecule has 17 heavy (non-hydrogen) atoms. The fourth-order valence-electron chi connectivity index (χ4n) is 1.41. The third kappa shape index (κ3) is 4.58. The van der Waals surface area contributed by atoms with Gasteiger partial charge in [-0.05, 0) is 30.5 Å². The Morgan fingerprint density at radius 2 is 1.94 bits per heavy atom. The fraction of sp³-hybridized carbons (Fsp3) is 0.500. The maximum absolute atomic E-state index is 12.7. The second-order valence-corrected chi connectivity index (χ2v) is 5.21. The van der Waals surface area contributed by atoms with Gasteiger partial charge in [-0.2, -0.15) is 13.2 Å². The van der Waals surface area contributed by atoms with E-state index in [1.54, 1.807) is 0 Å². The molecule has 96 valence electrons. The Kier molecular flexibility index (Phi) is 4.86. The van der Waals surface area contributed by atoms with Crippen molar-refractivity contribution in [3.05, 3.63) is 28.2 Å². The Morgan fingerprint density at radius 1 is 1.29 bits per heavy atom. The molecule has 0 aliphatic rings. The first kappa shape index (κ1) is 14.4.